The maximum absolute atomic E-state index is 11.8. The van der Waals surface area contributed by atoms with Gasteiger partial charge in [-0.25, -0.2) is 9.78 Å². The SMILES string of the molecule is CCOC(=O)c1cccnc1NCc1cc(N)ccc1O. The number of aromatic hydroxyl groups is 1. The van der Waals surface area contributed by atoms with Crippen molar-refractivity contribution in [3.05, 3.63) is 47.7 Å². The Morgan fingerprint density at radius 1 is 1.43 bits per heavy atom. The zero-order valence-corrected chi connectivity index (χ0v) is 11.7. The highest BCUT2D eigenvalue weighted by Gasteiger charge is 2.13. The third-order valence-corrected chi connectivity index (χ3v) is 2.85. The molecule has 110 valence electrons. The molecule has 6 nitrogen and oxygen atoms in total. The number of benzene rings is 1. The summed E-state index contributed by atoms with van der Waals surface area (Å²) in [7, 11) is 0. The summed E-state index contributed by atoms with van der Waals surface area (Å²) in [5, 5.41) is 12.8. The molecule has 0 saturated heterocycles. The molecular formula is C15H17N3O3. The number of ether oxygens (including phenoxy) is 1. The van der Waals surface area contributed by atoms with Crippen molar-refractivity contribution in [1.82, 2.24) is 4.98 Å². The van der Waals surface area contributed by atoms with Crippen molar-refractivity contribution in [3.8, 4) is 5.75 Å². The van der Waals surface area contributed by atoms with Gasteiger partial charge in [-0.3, -0.25) is 0 Å². The number of phenols is 1. The van der Waals surface area contributed by atoms with Crippen molar-refractivity contribution < 1.29 is 14.6 Å². The van der Waals surface area contributed by atoms with Gasteiger partial charge in [0.1, 0.15) is 17.1 Å². The Kier molecular flexibility index (Phi) is 4.61. The second-order valence-electron chi connectivity index (χ2n) is 4.36. The van der Waals surface area contributed by atoms with E-state index in [0.29, 0.717) is 35.8 Å². The van der Waals surface area contributed by atoms with Gasteiger partial charge in [-0.2, -0.15) is 0 Å². The number of anilines is 2. The van der Waals surface area contributed by atoms with Crippen molar-refractivity contribution in [1.29, 1.82) is 0 Å². The lowest BCUT2D eigenvalue weighted by atomic mass is 10.1. The lowest BCUT2D eigenvalue weighted by Crippen LogP contribution is -2.11. The molecule has 0 atom stereocenters. The van der Waals surface area contributed by atoms with Crippen LogP contribution in [0.4, 0.5) is 11.5 Å². The lowest BCUT2D eigenvalue weighted by Gasteiger charge is -2.11. The first-order chi connectivity index (χ1) is 10.1. The highest BCUT2D eigenvalue weighted by Crippen LogP contribution is 2.21. The first-order valence-corrected chi connectivity index (χ1v) is 6.55. The quantitative estimate of drug-likeness (QED) is 0.443. The van der Waals surface area contributed by atoms with Gasteiger partial charge in [-0.05, 0) is 37.3 Å². The van der Waals surface area contributed by atoms with Gasteiger partial charge in [-0.1, -0.05) is 0 Å². The maximum Gasteiger partial charge on any atom is 0.341 e. The average Bonchev–Trinajstić information content (AvgIpc) is 2.49. The summed E-state index contributed by atoms with van der Waals surface area (Å²) < 4.78 is 4.98. The molecule has 6 heteroatoms. The molecule has 1 heterocycles. The second-order valence-corrected chi connectivity index (χ2v) is 4.36. The van der Waals surface area contributed by atoms with Crippen LogP contribution >= 0.6 is 0 Å². The number of nitrogens with one attached hydrogen (secondary N) is 1. The first-order valence-electron chi connectivity index (χ1n) is 6.55. The predicted octanol–water partition coefficient (Wildman–Crippen LogP) is 2.16. The molecule has 2 rings (SSSR count). The number of hydrogen-bond acceptors (Lipinski definition) is 6. The molecule has 4 N–H and O–H groups in total. The normalized spacial score (nSPS) is 10.1. The highest BCUT2D eigenvalue weighted by molar-refractivity contribution is 5.94. The van der Waals surface area contributed by atoms with E-state index in [4.69, 9.17) is 10.5 Å². The zero-order chi connectivity index (χ0) is 15.2. The van der Waals surface area contributed by atoms with Crippen molar-refractivity contribution in [2.24, 2.45) is 0 Å². The standard InChI is InChI=1S/C15H17N3O3/c1-2-21-15(20)12-4-3-7-17-14(12)18-9-10-8-11(16)5-6-13(10)19/h3-8,19H,2,9,16H2,1H3,(H,17,18). The topological polar surface area (TPSA) is 97.5 Å². The number of nitrogens with zero attached hydrogens (tertiary/aromatic N) is 1. The molecule has 2 aromatic rings. The first kappa shape index (κ1) is 14.6. The van der Waals surface area contributed by atoms with E-state index in [1.807, 2.05) is 0 Å². The summed E-state index contributed by atoms with van der Waals surface area (Å²) in [6.45, 7) is 2.33. The molecule has 0 radical (unpaired) electrons. The third kappa shape index (κ3) is 3.62. The Hall–Kier alpha value is -2.76. The Labute approximate surface area is 122 Å². The number of aromatic nitrogens is 1. The number of nitrogen functional groups attached to an aromatic ring is 1. The summed E-state index contributed by atoms with van der Waals surface area (Å²) in [5.41, 5.74) is 7.21. The van der Waals surface area contributed by atoms with Gasteiger partial charge < -0.3 is 20.9 Å². The fraction of sp³-hybridized carbons (Fsp3) is 0.200. The van der Waals surface area contributed by atoms with Crippen molar-refractivity contribution in [3.63, 3.8) is 0 Å². The molecule has 0 aliphatic rings. The molecule has 0 fully saturated rings. The number of rotatable bonds is 5. The Morgan fingerprint density at radius 2 is 2.24 bits per heavy atom. The number of pyridine rings is 1. The summed E-state index contributed by atoms with van der Waals surface area (Å²) >= 11 is 0. The van der Waals surface area contributed by atoms with Gasteiger partial charge in [0.15, 0.2) is 0 Å². The molecule has 0 aliphatic carbocycles. The predicted molar refractivity (Wildman–Crippen MR) is 80.0 cm³/mol. The van der Waals surface area contributed by atoms with Gasteiger partial charge in [0.25, 0.3) is 0 Å². The Balaban J connectivity index is 2.16. The molecule has 1 aromatic carbocycles. The highest BCUT2D eigenvalue weighted by atomic mass is 16.5. The van der Waals surface area contributed by atoms with Gasteiger partial charge in [0.2, 0.25) is 0 Å². The second kappa shape index (κ2) is 6.60. The van der Waals surface area contributed by atoms with Crippen LogP contribution in [0.1, 0.15) is 22.8 Å². The van der Waals surface area contributed by atoms with Crippen LogP contribution in [0.3, 0.4) is 0 Å². The van der Waals surface area contributed by atoms with Crippen LogP contribution in [0.2, 0.25) is 0 Å². The van der Waals surface area contributed by atoms with E-state index in [9.17, 15) is 9.90 Å². The van der Waals surface area contributed by atoms with Crippen LogP contribution < -0.4 is 11.1 Å². The van der Waals surface area contributed by atoms with E-state index in [1.165, 1.54) is 6.07 Å². The van der Waals surface area contributed by atoms with E-state index >= 15 is 0 Å². The minimum absolute atomic E-state index is 0.130. The zero-order valence-electron chi connectivity index (χ0n) is 11.7. The minimum Gasteiger partial charge on any atom is -0.508 e. The molecule has 0 aliphatic heterocycles. The fourth-order valence-electron chi connectivity index (χ4n) is 1.85. The van der Waals surface area contributed by atoms with Crippen LogP contribution in [0.5, 0.6) is 5.75 Å². The van der Waals surface area contributed by atoms with Crippen LogP contribution in [0, 0.1) is 0 Å². The van der Waals surface area contributed by atoms with E-state index in [0.717, 1.165) is 0 Å². The van der Waals surface area contributed by atoms with Gasteiger partial charge in [0, 0.05) is 24.0 Å². The van der Waals surface area contributed by atoms with Crippen LogP contribution in [0.15, 0.2) is 36.5 Å². The van der Waals surface area contributed by atoms with Crippen molar-refractivity contribution >= 4 is 17.5 Å². The molecule has 0 amide bonds. The summed E-state index contributed by atoms with van der Waals surface area (Å²) in [4.78, 5) is 16.0. The Morgan fingerprint density at radius 3 is 3.00 bits per heavy atom. The number of esters is 1. The number of carbonyl (C=O) groups excluding carboxylic acids is 1. The minimum atomic E-state index is -0.440. The molecule has 1 aromatic heterocycles. The number of nitrogens with two attached hydrogens (primary N) is 1. The van der Waals surface area contributed by atoms with Gasteiger partial charge >= 0.3 is 5.97 Å². The van der Waals surface area contributed by atoms with E-state index in [-0.39, 0.29) is 5.75 Å². The number of hydrogen-bond donors (Lipinski definition) is 3. The largest absolute Gasteiger partial charge is 0.508 e. The summed E-state index contributed by atoms with van der Waals surface area (Å²) in [6.07, 6.45) is 1.57. The third-order valence-electron chi connectivity index (χ3n) is 2.85. The number of phenolic OH excluding ortho intramolecular Hbond substituents is 1. The van der Waals surface area contributed by atoms with E-state index in [1.54, 1.807) is 37.4 Å². The fourth-order valence-corrected chi connectivity index (χ4v) is 1.85. The molecule has 0 bridgehead atoms. The average molecular weight is 287 g/mol. The summed E-state index contributed by atoms with van der Waals surface area (Å²) in [6, 6.07) is 8.10. The Bertz CT molecular complexity index is 644. The molecule has 21 heavy (non-hydrogen) atoms. The summed E-state index contributed by atoms with van der Waals surface area (Å²) in [5.74, 6) is 0.0907. The van der Waals surface area contributed by atoms with E-state index in [2.05, 4.69) is 10.3 Å². The van der Waals surface area contributed by atoms with Crippen LogP contribution in [0.25, 0.3) is 0 Å². The van der Waals surface area contributed by atoms with Crippen LogP contribution in [-0.2, 0) is 11.3 Å². The number of carbonyl (C=O) groups is 1. The maximum atomic E-state index is 11.8. The smallest absolute Gasteiger partial charge is 0.341 e. The van der Waals surface area contributed by atoms with Crippen molar-refractivity contribution in [2.45, 2.75) is 13.5 Å². The lowest BCUT2D eigenvalue weighted by molar-refractivity contribution is 0.0527. The van der Waals surface area contributed by atoms with Gasteiger partial charge in [0.05, 0.1) is 6.61 Å². The van der Waals surface area contributed by atoms with Crippen LogP contribution in [-0.4, -0.2) is 22.7 Å². The molecule has 0 spiro atoms. The molecular weight excluding hydrogens is 270 g/mol. The van der Waals surface area contributed by atoms with Gasteiger partial charge in [-0.15, -0.1) is 0 Å². The van der Waals surface area contributed by atoms with E-state index < -0.39 is 5.97 Å². The van der Waals surface area contributed by atoms with Crippen molar-refractivity contribution in [2.75, 3.05) is 17.7 Å². The monoisotopic (exact) mass is 287 g/mol. The molecule has 0 saturated carbocycles. The molecule has 0 unspecified atom stereocenters.